The van der Waals surface area contributed by atoms with Crippen LogP contribution in [-0.2, 0) is 0 Å². The minimum atomic E-state index is -0.218. The minimum Gasteiger partial charge on any atom is -0.288 e. The molecular formula is C24H16Cl2N4OS. The van der Waals surface area contributed by atoms with Gasteiger partial charge in [-0.3, -0.25) is 14.9 Å². The van der Waals surface area contributed by atoms with Crippen molar-refractivity contribution in [3.8, 4) is 16.4 Å². The third kappa shape index (κ3) is 3.77. The van der Waals surface area contributed by atoms with Crippen molar-refractivity contribution in [2.75, 3.05) is 0 Å². The van der Waals surface area contributed by atoms with E-state index in [9.17, 15) is 4.79 Å². The third-order valence-corrected chi connectivity index (χ3v) is 6.75. The lowest BCUT2D eigenvalue weighted by Gasteiger charge is -2.03. The molecule has 0 aliphatic heterocycles. The van der Waals surface area contributed by atoms with E-state index in [-0.39, 0.29) is 5.56 Å². The second-order valence-corrected chi connectivity index (χ2v) is 8.95. The van der Waals surface area contributed by atoms with Gasteiger partial charge >= 0.3 is 0 Å². The highest BCUT2D eigenvalue weighted by atomic mass is 35.5. The molecule has 8 heteroatoms. The van der Waals surface area contributed by atoms with Crippen molar-refractivity contribution in [2.45, 2.75) is 6.92 Å². The second-order valence-electron chi connectivity index (χ2n) is 7.13. The van der Waals surface area contributed by atoms with Crippen LogP contribution < -0.4 is 5.56 Å². The number of aliphatic imine (C=N–C) groups is 1. The first-order valence-electron chi connectivity index (χ1n) is 9.78. The summed E-state index contributed by atoms with van der Waals surface area (Å²) in [5, 5.41) is 4.69. The van der Waals surface area contributed by atoms with Crippen molar-refractivity contribution in [3.63, 3.8) is 0 Å². The molecule has 0 saturated carbocycles. The Morgan fingerprint density at radius 3 is 2.50 bits per heavy atom. The Hall–Kier alpha value is -3.19. The number of hydrogen-bond donors (Lipinski definition) is 1. The van der Waals surface area contributed by atoms with Gasteiger partial charge < -0.3 is 0 Å². The fraction of sp³-hybridized carbons (Fsp3) is 0.0417. The van der Waals surface area contributed by atoms with Crippen LogP contribution in [0.3, 0.4) is 0 Å². The van der Waals surface area contributed by atoms with Crippen LogP contribution in [0.5, 0.6) is 0 Å². The molecule has 2 aromatic heterocycles. The van der Waals surface area contributed by atoms with Crippen molar-refractivity contribution < 1.29 is 0 Å². The summed E-state index contributed by atoms with van der Waals surface area (Å²) in [6, 6.07) is 22.6. The summed E-state index contributed by atoms with van der Waals surface area (Å²) in [4.78, 5) is 22.8. The quantitative estimate of drug-likeness (QED) is 0.285. The van der Waals surface area contributed by atoms with Crippen molar-refractivity contribution in [1.29, 1.82) is 0 Å². The molecule has 2 heterocycles. The number of aromatic amines is 1. The first-order valence-corrected chi connectivity index (χ1v) is 11.4. The summed E-state index contributed by atoms with van der Waals surface area (Å²) in [7, 11) is 0. The molecule has 32 heavy (non-hydrogen) atoms. The maximum absolute atomic E-state index is 13.6. The van der Waals surface area contributed by atoms with Gasteiger partial charge in [-0.1, -0.05) is 77.0 Å². The Morgan fingerprint density at radius 1 is 1.00 bits per heavy atom. The van der Waals surface area contributed by atoms with Crippen LogP contribution in [0.25, 0.3) is 26.6 Å². The zero-order valence-electron chi connectivity index (χ0n) is 16.8. The second kappa shape index (κ2) is 8.39. The van der Waals surface area contributed by atoms with Crippen molar-refractivity contribution >= 4 is 56.2 Å². The number of fused-ring (bicyclic) bond motifs is 1. The first-order chi connectivity index (χ1) is 15.5. The van der Waals surface area contributed by atoms with E-state index < -0.39 is 0 Å². The van der Waals surface area contributed by atoms with Crippen LogP contribution in [-0.4, -0.2) is 20.5 Å². The zero-order chi connectivity index (χ0) is 22.2. The SMILES string of the molecule is CC(=Nc1ccc(Cl)c(Cl)c1)c1c(-c2ccccc2)[nH]n(-c2nc3ccccc3s2)c1=O. The lowest BCUT2D eigenvalue weighted by Crippen LogP contribution is -2.19. The fourth-order valence-electron chi connectivity index (χ4n) is 3.48. The monoisotopic (exact) mass is 478 g/mol. The van der Waals surface area contributed by atoms with Crippen molar-refractivity contribution in [3.05, 3.63) is 98.8 Å². The smallest absolute Gasteiger partial charge is 0.283 e. The molecule has 0 fully saturated rings. The molecule has 3 aromatic carbocycles. The average Bonchev–Trinajstić information content (AvgIpc) is 3.37. The van der Waals surface area contributed by atoms with Gasteiger partial charge in [-0.25, -0.2) is 4.98 Å². The maximum Gasteiger partial charge on any atom is 0.283 e. The summed E-state index contributed by atoms with van der Waals surface area (Å²) in [5.74, 6) is 0. The Bertz CT molecular complexity index is 1500. The standard InChI is InChI=1S/C24H16Cl2N4OS/c1-14(27-16-11-12-17(25)18(26)13-16)21-22(15-7-3-2-4-8-15)29-30(23(21)31)24-28-19-9-5-6-10-20(19)32-24/h2-13,29H,1H3. The van der Waals surface area contributed by atoms with Crippen LogP contribution in [0, 0.1) is 0 Å². The predicted octanol–water partition coefficient (Wildman–Crippen LogP) is 6.89. The number of para-hydroxylation sites is 1. The molecule has 0 bridgehead atoms. The number of benzene rings is 3. The van der Waals surface area contributed by atoms with Gasteiger partial charge in [0.15, 0.2) is 0 Å². The first kappa shape index (κ1) is 20.7. The minimum absolute atomic E-state index is 0.218. The topological polar surface area (TPSA) is 63.0 Å². The van der Waals surface area contributed by atoms with Crippen LogP contribution in [0.15, 0.2) is 82.6 Å². The Morgan fingerprint density at radius 2 is 1.75 bits per heavy atom. The Labute approximate surface area is 197 Å². The predicted molar refractivity (Wildman–Crippen MR) is 133 cm³/mol. The van der Waals surface area contributed by atoms with Gasteiger partial charge in [0, 0.05) is 5.56 Å². The molecular weight excluding hydrogens is 463 g/mol. The number of aromatic nitrogens is 3. The van der Waals surface area contributed by atoms with E-state index in [2.05, 4.69) is 15.1 Å². The number of hydrogen-bond acceptors (Lipinski definition) is 4. The number of rotatable bonds is 4. The van der Waals surface area contributed by atoms with Crippen LogP contribution in [0.2, 0.25) is 10.0 Å². The summed E-state index contributed by atoms with van der Waals surface area (Å²) >= 11 is 13.6. The van der Waals surface area contributed by atoms with Crippen molar-refractivity contribution in [1.82, 2.24) is 14.8 Å². The molecule has 0 atom stereocenters. The van der Waals surface area contributed by atoms with E-state index in [0.29, 0.717) is 37.8 Å². The number of H-pyrrole nitrogens is 1. The van der Waals surface area contributed by atoms with Crippen molar-refractivity contribution in [2.24, 2.45) is 4.99 Å². The highest BCUT2D eigenvalue weighted by molar-refractivity contribution is 7.20. The van der Waals surface area contributed by atoms with Gasteiger partial charge in [-0.05, 0) is 37.3 Å². The zero-order valence-corrected chi connectivity index (χ0v) is 19.2. The summed E-state index contributed by atoms with van der Waals surface area (Å²) in [6.45, 7) is 1.81. The summed E-state index contributed by atoms with van der Waals surface area (Å²) in [6.07, 6.45) is 0. The van der Waals surface area contributed by atoms with E-state index in [1.165, 1.54) is 16.0 Å². The molecule has 1 N–H and O–H groups in total. The van der Waals surface area contributed by atoms with E-state index in [1.807, 2.05) is 61.5 Å². The third-order valence-electron chi connectivity index (χ3n) is 4.99. The number of thiazole rings is 1. The molecule has 5 rings (SSSR count). The molecule has 0 aliphatic rings. The largest absolute Gasteiger partial charge is 0.288 e. The number of nitrogens with one attached hydrogen (secondary N) is 1. The molecule has 0 unspecified atom stereocenters. The molecule has 158 valence electrons. The molecule has 0 aliphatic carbocycles. The van der Waals surface area contributed by atoms with E-state index in [1.54, 1.807) is 18.2 Å². The highest BCUT2D eigenvalue weighted by Gasteiger charge is 2.21. The summed E-state index contributed by atoms with van der Waals surface area (Å²) < 4.78 is 2.49. The molecule has 5 nitrogen and oxygen atoms in total. The highest BCUT2D eigenvalue weighted by Crippen LogP contribution is 2.29. The average molecular weight is 479 g/mol. The lowest BCUT2D eigenvalue weighted by molar-refractivity contribution is 0.845. The van der Waals surface area contributed by atoms with Gasteiger partial charge in [0.2, 0.25) is 5.13 Å². The molecule has 0 saturated heterocycles. The maximum atomic E-state index is 13.6. The number of halogens is 2. The van der Waals surface area contributed by atoms with Gasteiger partial charge in [0.1, 0.15) is 0 Å². The molecule has 5 aromatic rings. The lowest BCUT2D eigenvalue weighted by atomic mass is 10.1. The van der Waals surface area contributed by atoms with Gasteiger partial charge in [0.25, 0.3) is 5.56 Å². The van der Waals surface area contributed by atoms with Gasteiger partial charge in [-0.15, -0.1) is 0 Å². The van der Waals surface area contributed by atoms with E-state index >= 15 is 0 Å². The molecule has 0 amide bonds. The fourth-order valence-corrected chi connectivity index (χ4v) is 4.70. The number of nitrogens with zero attached hydrogens (tertiary/aromatic N) is 3. The molecule has 0 radical (unpaired) electrons. The van der Waals surface area contributed by atoms with E-state index in [0.717, 1.165) is 15.8 Å². The van der Waals surface area contributed by atoms with Crippen LogP contribution in [0.4, 0.5) is 5.69 Å². The molecule has 0 spiro atoms. The van der Waals surface area contributed by atoms with E-state index in [4.69, 9.17) is 23.2 Å². The van der Waals surface area contributed by atoms with Crippen LogP contribution >= 0.6 is 34.5 Å². The van der Waals surface area contributed by atoms with Gasteiger partial charge in [-0.2, -0.15) is 4.68 Å². The summed E-state index contributed by atoms with van der Waals surface area (Å²) in [5.41, 5.74) is 3.83. The Kier molecular flexibility index (Phi) is 5.43. The Balaban J connectivity index is 1.71. The van der Waals surface area contributed by atoms with Gasteiger partial charge in [0.05, 0.1) is 42.9 Å². The van der Waals surface area contributed by atoms with Crippen LogP contribution in [0.1, 0.15) is 12.5 Å². The normalized spacial score (nSPS) is 11.9.